The number of allylic oxidation sites excluding steroid dienone is 1. The molecule has 0 radical (unpaired) electrons. The van der Waals surface area contributed by atoms with Crippen LogP contribution in [-0.2, 0) is 10.0 Å². The lowest BCUT2D eigenvalue weighted by Crippen LogP contribution is -2.30. The molecule has 0 heterocycles. The van der Waals surface area contributed by atoms with Crippen molar-refractivity contribution in [3.8, 4) is 11.8 Å². The number of rotatable bonds is 8. The van der Waals surface area contributed by atoms with Gasteiger partial charge in [0.05, 0.1) is 22.1 Å². The smallest absolute Gasteiger partial charge is 0.343 e. The van der Waals surface area contributed by atoms with Crippen molar-refractivity contribution < 1.29 is 17.9 Å². The molecular formula is C26H23ClN2O4S. The second-order valence-electron chi connectivity index (χ2n) is 7.25. The van der Waals surface area contributed by atoms with Crippen LogP contribution in [0.3, 0.4) is 0 Å². The monoisotopic (exact) mass is 494 g/mol. The second-order valence-corrected chi connectivity index (χ2v) is 9.63. The van der Waals surface area contributed by atoms with Gasteiger partial charge in [-0.2, -0.15) is 9.57 Å². The molecule has 3 aromatic rings. The molecule has 0 aliphatic carbocycles. The first kappa shape index (κ1) is 25.2. The fraction of sp³-hybridized carbons (Fsp3) is 0.154. The minimum Gasteiger partial charge on any atom is -0.423 e. The summed E-state index contributed by atoms with van der Waals surface area (Å²) >= 11 is 6.01. The Labute approximate surface area is 204 Å². The predicted octanol–water partition coefficient (Wildman–Crippen LogP) is 5.65. The number of carbonyl (C=O) groups is 1. The molecule has 0 saturated heterocycles. The molecule has 3 aromatic carbocycles. The largest absolute Gasteiger partial charge is 0.423 e. The Morgan fingerprint density at radius 2 is 1.65 bits per heavy atom. The van der Waals surface area contributed by atoms with E-state index in [1.54, 1.807) is 68.5 Å². The van der Waals surface area contributed by atoms with E-state index in [4.69, 9.17) is 16.3 Å². The van der Waals surface area contributed by atoms with Gasteiger partial charge in [0, 0.05) is 18.1 Å². The molecule has 0 spiro atoms. The Morgan fingerprint density at radius 3 is 2.21 bits per heavy atom. The molecule has 0 unspecified atom stereocenters. The van der Waals surface area contributed by atoms with E-state index in [1.165, 1.54) is 28.6 Å². The van der Waals surface area contributed by atoms with E-state index in [0.29, 0.717) is 35.0 Å². The van der Waals surface area contributed by atoms with Crippen LogP contribution in [0.1, 0.15) is 35.3 Å². The lowest BCUT2D eigenvalue weighted by molar-refractivity contribution is 0.0734. The van der Waals surface area contributed by atoms with Crippen molar-refractivity contribution in [3.05, 3.63) is 94.5 Å². The zero-order chi connectivity index (χ0) is 24.7. The van der Waals surface area contributed by atoms with E-state index in [9.17, 15) is 18.5 Å². The van der Waals surface area contributed by atoms with Gasteiger partial charge in [-0.3, -0.25) is 0 Å². The van der Waals surface area contributed by atoms with E-state index in [0.717, 1.165) is 5.56 Å². The maximum absolute atomic E-state index is 12.6. The minimum absolute atomic E-state index is 0.122. The summed E-state index contributed by atoms with van der Waals surface area (Å²) in [6.45, 7) is 4.27. The molecule has 6 nitrogen and oxygen atoms in total. The van der Waals surface area contributed by atoms with Gasteiger partial charge in [-0.05, 0) is 65.7 Å². The van der Waals surface area contributed by atoms with E-state index >= 15 is 0 Å². The number of sulfonamides is 1. The molecule has 0 aromatic heterocycles. The third-order valence-electron chi connectivity index (χ3n) is 5.09. The number of nitriles is 1. The van der Waals surface area contributed by atoms with E-state index in [-0.39, 0.29) is 10.5 Å². The highest BCUT2D eigenvalue weighted by Crippen LogP contribution is 2.23. The summed E-state index contributed by atoms with van der Waals surface area (Å²) in [5.74, 6) is -0.282. The predicted molar refractivity (Wildman–Crippen MR) is 133 cm³/mol. The van der Waals surface area contributed by atoms with Crippen molar-refractivity contribution >= 4 is 39.2 Å². The highest BCUT2D eigenvalue weighted by atomic mass is 35.5. The summed E-state index contributed by atoms with van der Waals surface area (Å²) in [5.41, 5.74) is 2.14. The molecule has 0 bridgehead atoms. The van der Waals surface area contributed by atoms with Crippen molar-refractivity contribution in [1.82, 2.24) is 4.31 Å². The molecule has 34 heavy (non-hydrogen) atoms. The molecule has 0 saturated carbocycles. The Kier molecular flexibility index (Phi) is 8.24. The summed E-state index contributed by atoms with van der Waals surface area (Å²) < 4.78 is 31.9. The first-order valence-electron chi connectivity index (χ1n) is 10.6. The average molecular weight is 495 g/mol. The molecule has 3 rings (SSSR count). The molecule has 0 aliphatic heterocycles. The van der Waals surface area contributed by atoms with E-state index in [1.807, 2.05) is 0 Å². The van der Waals surface area contributed by atoms with Crippen LogP contribution in [0.4, 0.5) is 0 Å². The number of hydrogen-bond donors (Lipinski definition) is 0. The normalized spacial score (nSPS) is 11.8. The highest BCUT2D eigenvalue weighted by molar-refractivity contribution is 7.89. The Hall–Kier alpha value is -3.44. The number of ether oxygens (including phenoxy) is 1. The van der Waals surface area contributed by atoms with Crippen molar-refractivity contribution in [3.63, 3.8) is 0 Å². The zero-order valence-electron chi connectivity index (χ0n) is 18.7. The lowest BCUT2D eigenvalue weighted by atomic mass is 10.0. The number of hydrogen-bond acceptors (Lipinski definition) is 5. The van der Waals surface area contributed by atoms with Gasteiger partial charge in [-0.1, -0.05) is 49.7 Å². The SMILES string of the molecule is CCN(CC)S(=O)(=O)c1ccc(C(=O)Oc2ccc(/C=C(/C#N)c3cccc(Cl)c3)cc2)cc1. The number of halogens is 1. The molecule has 174 valence electrons. The van der Waals surface area contributed by atoms with Crippen LogP contribution < -0.4 is 4.74 Å². The highest BCUT2D eigenvalue weighted by Gasteiger charge is 2.22. The lowest BCUT2D eigenvalue weighted by Gasteiger charge is -2.18. The first-order valence-corrected chi connectivity index (χ1v) is 12.4. The average Bonchev–Trinajstić information content (AvgIpc) is 2.84. The topological polar surface area (TPSA) is 87.5 Å². The van der Waals surface area contributed by atoms with Crippen LogP contribution in [0.25, 0.3) is 11.6 Å². The zero-order valence-corrected chi connectivity index (χ0v) is 20.3. The molecule has 0 N–H and O–H groups in total. The summed E-state index contributed by atoms with van der Waals surface area (Å²) in [6.07, 6.45) is 1.71. The minimum atomic E-state index is -3.60. The summed E-state index contributed by atoms with van der Waals surface area (Å²) in [5, 5.41) is 10.0. The van der Waals surface area contributed by atoms with Crippen molar-refractivity contribution in [2.24, 2.45) is 0 Å². The Morgan fingerprint density at radius 1 is 1.00 bits per heavy atom. The Bertz CT molecular complexity index is 1340. The maximum Gasteiger partial charge on any atom is 0.343 e. The van der Waals surface area contributed by atoms with Crippen molar-refractivity contribution in [2.75, 3.05) is 13.1 Å². The second kappa shape index (κ2) is 11.1. The summed E-state index contributed by atoms with van der Waals surface area (Å²) in [6, 6.07) is 21.5. The van der Waals surface area contributed by atoms with Gasteiger partial charge in [0.15, 0.2) is 0 Å². The molecule has 0 atom stereocenters. The quantitative estimate of drug-likeness (QED) is 0.175. The van der Waals surface area contributed by atoms with Crippen LogP contribution in [0.15, 0.2) is 77.7 Å². The third kappa shape index (κ3) is 5.91. The van der Waals surface area contributed by atoms with Crippen LogP contribution >= 0.6 is 11.6 Å². The van der Waals surface area contributed by atoms with Crippen LogP contribution in [-0.4, -0.2) is 31.8 Å². The Balaban J connectivity index is 1.72. The van der Waals surface area contributed by atoms with Gasteiger partial charge in [0.1, 0.15) is 5.75 Å². The van der Waals surface area contributed by atoms with Crippen molar-refractivity contribution in [2.45, 2.75) is 18.7 Å². The van der Waals surface area contributed by atoms with Gasteiger partial charge in [0.2, 0.25) is 10.0 Å². The molecule has 0 aliphatic rings. The van der Waals surface area contributed by atoms with E-state index in [2.05, 4.69) is 6.07 Å². The molecule has 0 fully saturated rings. The number of carbonyl (C=O) groups excluding carboxylic acids is 1. The maximum atomic E-state index is 12.6. The van der Waals surface area contributed by atoms with Crippen LogP contribution in [0, 0.1) is 11.3 Å². The standard InChI is InChI=1S/C26H23ClN2O4S/c1-3-29(4-2)34(31,32)25-14-10-20(11-15-25)26(30)33-24-12-8-19(9-13-24)16-22(18-28)21-6-5-7-23(27)17-21/h5-17H,3-4H2,1-2H3/b22-16-. The molecule has 8 heteroatoms. The van der Waals surface area contributed by atoms with Gasteiger partial charge in [-0.25, -0.2) is 13.2 Å². The summed E-state index contributed by atoms with van der Waals surface area (Å²) in [7, 11) is -3.60. The number of esters is 1. The van der Waals surface area contributed by atoms with Crippen LogP contribution in [0.5, 0.6) is 5.75 Å². The first-order chi connectivity index (χ1) is 16.3. The number of benzene rings is 3. The fourth-order valence-electron chi connectivity index (χ4n) is 3.28. The third-order valence-corrected chi connectivity index (χ3v) is 7.39. The van der Waals surface area contributed by atoms with Gasteiger partial charge in [-0.15, -0.1) is 0 Å². The van der Waals surface area contributed by atoms with Gasteiger partial charge >= 0.3 is 5.97 Å². The molecule has 0 amide bonds. The summed E-state index contributed by atoms with van der Waals surface area (Å²) in [4.78, 5) is 12.6. The van der Waals surface area contributed by atoms with Crippen molar-refractivity contribution in [1.29, 1.82) is 5.26 Å². The van der Waals surface area contributed by atoms with Crippen LogP contribution in [0.2, 0.25) is 5.02 Å². The fourth-order valence-corrected chi connectivity index (χ4v) is 4.92. The molecular weight excluding hydrogens is 472 g/mol. The number of nitrogens with zero attached hydrogens (tertiary/aromatic N) is 2. The van der Waals surface area contributed by atoms with E-state index < -0.39 is 16.0 Å². The van der Waals surface area contributed by atoms with Gasteiger partial charge in [0.25, 0.3) is 0 Å². The van der Waals surface area contributed by atoms with Gasteiger partial charge < -0.3 is 4.74 Å².